The molecule has 0 aliphatic heterocycles. The van der Waals surface area contributed by atoms with Gasteiger partial charge >= 0.3 is 0 Å². The van der Waals surface area contributed by atoms with Crippen molar-refractivity contribution in [1.82, 2.24) is 4.72 Å². The first-order valence-electron chi connectivity index (χ1n) is 4.57. The van der Waals surface area contributed by atoms with E-state index in [-0.39, 0.29) is 6.04 Å². The number of nitrogens with zero attached hydrogens (tertiary/aromatic N) is 1. The lowest BCUT2D eigenvalue weighted by molar-refractivity contribution is 0.570. The van der Waals surface area contributed by atoms with Crippen LogP contribution in [0.1, 0.15) is 18.5 Å². The Morgan fingerprint density at radius 1 is 1.44 bits per heavy atom. The van der Waals surface area contributed by atoms with E-state index in [1.54, 1.807) is 13.0 Å². The summed E-state index contributed by atoms with van der Waals surface area (Å²) in [6.45, 7) is 1.73. The zero-order valence-corrected chi connectivity index (χ0v) is 11.0. The third-order valence-electron chi connectivity index (χ3n) is 1.98. The van der Waals surface area contributed by atoms with Crippen LogP contribution in [0.15, 0.2) is 28.7 Å². The highest BCUT2D eigenvalue weighted by molar-refractivity contribution is 9.10. The van der Waals surface area contributed by atoms with E-state index in [2.05, 4.69) is 20.7 Å². The molecular weight excluding hydrogens is 292 g/mol. The Kier molecular flexibility index (Phi) is 4.47. The highest BCUT2D eigenvalue weighted by atomic mass is 79.9. The van der Waals surface area contributed by atoms with Gasteiger partial charge in [-0.2, -0.15) is 5.26 Å². The van der Waals surface area contributed by atoms with Crippen LogP contribution in [0.3, 0.4) is 0 Å². The zero-order chi connectivity index (χ0) is 12.2. The fourth-order valence-corrected chi connectivity index (χ4v) is 2.41. The molecule has 1 rings (SSSR count). The van der Waals surface area contributed by atoms with E-state index in [0.29, 0.717) is 0 Å². The monoisotopic (exact) mass is 302 g/mol. The first kappa shape index (κ1) is 13.2. The Labute approximate surface area is 103 Å². The molecule has 0 fully saturated rings. The number of hydrogen-bond acceptors (Lipinski definition) is 3. The maximum absolute atomic E-state index is 11.3. The predicted molar refractivity (Wildman–Crippen MR) is 65.1 cm³/mol. The molecule has 1 aromatic rings. The Morgan fingerprint density at radius 2 is 2.00 bits per heavy atom. The average molecular weight is 303 g/mol. The molecule has 0 heterocycles. The molecule has 0 saturated heterocycles. The van der Waals surface area contributed by atoms with E-state index >= 15 is 0 Å². The van der Waals surface area contributed by atoms with Gasteiger partial charge in [-0.1, -0.05) is 28.1 Å². The number of hydrogen-bond donors (Lipinski definition) is 1. The fourth-order valence-electron chi connectivity index (χ4n) is 1.22. The maximum atomic E-state index is 11.3. The third kappa shape index (κ3) is 3.93. The molecule has 0 saturated carbocycles. The Balaban J connectivity index is 2.77. The summed E-state index contributed by atoms with van der Waals surface area (Å²) in [6.07, 6.45) is 0. The van der Waals surface area contributed by atoms with E-state index in [0.717, 1.165) is 10.0 Å². The molecule has 1 aromatic carbocycles. The lowest BCUT2D eigenvalue weighted by Gasteiger charge is -2.13. The van der Waals surface area contributed by atoms with Crippen LogP contribution in [-0.4, -0.2) is 14.2 Å². The van der Waals surface area contributed by atoms with Gasteiger partial charge in [-0.15, -0.1) is 0 Å². The summed E-state index contributed by atoms with van der Waals surface area (Å²) < 4.78 is 26.0. The van der Waals surface area contributed by atoms with Crippen LogP contribution in [0.2, 0.25) is 0 Å². The Bertz CT molecular complexity index is 491. The van der Waals surface area contributed by atoms with E-state index in [1.807, 2.05) is 24.3 Å². The van der Waals surface area contributed by atoms with Crippen LogP contribution in [0.5, 0.6) is 0 Å². The molecule has 0 aliphatic rings. The number of sulfonamides is 1. The van der Waals surface area contributed by atoms with Crippen molar-refractivity contribution in [3.8, 4) is 6.07 Å². The summed E-state index contributed by atoms with van der Waals surface area (Å²) in [5.74, 6) is -0.520. The summed E-state index contributed by atoms with van der Waals surface area (Å²) in [4.78, 5) is 0. The van der Waals surface area contributed by atoms with Gasteiger partial charge in [0, 0.05) is 10.5 Å². The Hall–Kier alpha value is -0.900. The zero-order valence-electron chi connectivity index (χ0n) is 8.64. The Morgan fingerprint density at radius 3 is 2.50 bits per heavy atom. The van der Waals surface area contributed by atoms with Crippen LogP contribution in [-0.2, 0) is 10.0 Å². The summed E-state index contributed by atoms with van der Waals surface area (Å²) in [5, 5.41) is 8.35. The summed E-state index contributed by atoms with van der Waals surface area (Å²) in [7, 11) is -3.51. The average Bonchev–Trinajstić information content (AvgIpc) is 2.17. The van der Waals surface area contributed by atoms with E-state index < -0.39 is 15.8 Å². The number of nitriles is 1. The van der Waals surface area contributed by atoms with Gasteiger partial charge in [0.15, 0.2) is 5.75 Å². The van der Waals surface area contributed by atoms with Crippen molar-refractivity contribution in [3.05, 3.63) is 34.3 Å². The van der Waals surface area contributed by atoms with Crippen molar-refractivity contribution in [3.63, 3.8) is 0 Å². The van der Waals surface area contributed by atoms with E-state index in [9.17, 15) is 8.42 Å². The van der Waals surface area contributed by atoms with Gasteiger partial charge in [-0.3, -0.25) is 0 Å². The maximum Gasteiger partial charge on any atom is 0.225 e. The minimum Gasteiger partial charge on any atom is -0.211 e. The van der Waals surface area contributed by atoms with Gasteiger partial charge in [0.1, 0.15) is 0 Å². The third-order valence-corrected chi connectivity index (χ3v) is 3.73. The van der Waals surface area contributed by atoms with Crippen LogP contribution in [0, 0.1) is 11.3 Å². The first-order valence-corrected chi connectivity index (χ1v) is 7.01. The minimum absolute atomic E-state index is 0.341. The van der Waals surface area contributed by atoms with Gasteiger partial charge in [0.05, 0.1) is 6.07 Å². The normalized spacial score (nSPS) is 13.1. The topological polar surface area (TPSA) is 70.0 Å². The highest BCUT2D eigenvalue weighted by Crippen LogP contribution is 2.17. The molecule has 1 N–H and O–H groups in total. The smallest absolute Gasteiger partial charge is 0.211 e. The number of halogens is 1. The molecule has 1 atom stereocenters. The first-order chi connectivity index (χ1) is 7.44. The van der Waals surface area contributed by atoms with Crippen molar-refractivity contribution < 1.29 is 8.42 Å². The standard InChI is InChI=1S/C10H11BrN2O2S/c1-8(13-16(14,15)7-6-12)9-2-4-10(11)5-3-9/h2-5,8,13H,7H2,1H3. The van der Waals surface area contributed by atoms with Gasteiger partial charge in [-0.05, 0) is 24.6 Å². The van der Waals surface area contributed by atoms with Crippen molar-refractivity contribution in [1.29, 1.82) is 5.26 Å². The van der Waals surface area contributed by atoms with Crippen molar-refractivity contribution in [2.45, 2.75) is 13.0 Å². The molecular formula is C10H11BrN2O2S. The molecule has 0 aromatic heterocycles. The van der Waals surface area contributed by atoms with E-state index in [4.69, 9.17) is 5.26 Å². The molecule has 0 aliphatic carbocycles. The fraction of sp³-hybridized carbons (Fsp3) is 0.300. The van der Waals surface area contributed by atoms with Gasteiger partial charge in [0.25, 0.3) is 0 Å². The lowest BCUT2D eigenvalue weighted by atomic mass is 10.1. The van der Waals surface area contributed by atoms with Crippen LogP contribution in [0.4, 0.5) is 0 Å². The van der Waals surface area contributed by atoms with Gasteiger partial charge in [-0.25, -0.2) is 13.1 Å². The lowest BCUT2D eigenvalue weighted by Crippen LogP contribution is -2.28. The number of benzene rings is 1. The molecule has 86 valence electrons. The van der Waals surface area contributed by atoms with Crippen LogP contribution < -0.4 is 4.72 Å². The molecule has 0 radical (unpaired) electrons. The van der Waals surface area contributed by atoms with Crippen LogP contribution >= 0.6 is 15.9 Å². The van der Waals surface area contributed by atoms with E-state index in [1.165, 1.54) is 0 Å². The number of nitrogens with one attached hydrogen (secondary N) is 1. The summed E-state index contributed by atoms with van der Waals surface area (Å²) in [5.41, 5.74) is 0.852. The second-order valence-corrected chi connectivity index (χ2v) is 5.98. The molecule has 0 spiro atoms. The second-order valence-electron chi connectivity index (χ2n) is 3.31. The molecule has 6 heteroatoms. The van der Waals surface area contributed by atoms with Gasteiger partial charge in [0.2, 0.25) is 10.0 Å². The molecule has 4 nitrogen and oxygen atoms in total. The quantitative estimate of drug-likeness (QED) is 0.924. The SMILES string of the molecule is CC(NS(=O)(=O)CC#N)c1ccc(Br)cc1. The number of rotatable bonds is 4. The van der Waals surface area contributed by atoms with Crippen molar-refractivity contribution in [2.24, 2.45) is 0 Å². The molecule has 0 bridgehead atoms. The summed E-state index contributed by atoms with van der Waals surface area (Å²) in [6, 6.07) is 8.60. The predicted octanol–water partition coefficient (Wildman–Crippen LogP) is 1.95. The molecule has 0 amide bonds. The summed E-state index contributed by atoms with van der Waals surface area (Å²) >= 11 is 3.30. The van der Waals surface area contributed by atoms with Crippen molar-refractivity contribution >= 4 is 26.0 Å². The highest BCUT2D eigenvalue weighted by Gasteiger charge is 2.14. The molecule has 1 unspecified atom stereocenters. The molecule has 16 heavy (non-hydrogen) atoms. The van der Waals surface area contributed by atoms with Gasteiger partial charge < -0.3 is 0 Å². The van der Waals surface area contributed by atoms with Crippen molar-refractivity contribution in [2.75, 3.05) is 5.75 Å². The second kappa shape index (κ2) is 5.43. The van der Waals surface area contributed by atoms with Crippen LogP contribution in [0.25, 0.3) is 0 Å². The minimum atomic E-state index is -3.51. The largest absolute Gasteiger partial charge is 0.225 e.